The molecule has 0 atom stereocenters. The summed E-state index contributed by atoms with van der Waals surface area (Å²) in [6.07, 6.45) is 8.46. The third-order valence-corrected chi connectivity index (χ3v) is 4.94. The number of hydrogen-bond donors (Lipinski definition) is 2. The summed E-state index contributed by atoms with van der Waals surface area (Å²) in [4.78, 5) is 12.4. The standard InChI is InChI=1S/C17H29N3O2/c1-4-14(5-2)20-13(3)15(11-19-20)16(21)18-12-17(22)9-7-6-8-10-17/h11,14,22H,4-10,12H2,1-3H3,(H,18,21). The molecule has 0 aliphatic heterocycles. The van der Waals surface area contributed by atoms with Crippen LogP contribution in [0.1, 0.15) is 80.9 Å². The molecule has 1 saturated carbocycles. The topological polar surface area (TPSA) is 67.2 Å². The van der Waals surface area contributed by atoms with Crippen LogP contribution in [0, 0.1) is 6.92 Å². The lowest BCUT2D eigenvalue weighted by molar-refractivity contribution is 0.00524. The third kappa shape index (κ3) is 3.69. The van der Waals surface area contributed by atoms with Gasteiger partial charge in [-0.3, -0.25) is 9.48 Å². The number of hydrogen-bond acceptors (Lipinski definition) is 3. The molecule has 0 spiro atoms. The molecule has 1 aromatic rings. The number of nitrogens with zero attached hydrogens (tertiary/aromatic N) is 2. The number of carbonyl (C=O) groups is 1. The third-order valence-electron chi connectivity index (χ3n) is 4.94. The zero-order valence-corrected chi connectivity index (χ0v) is 14.1. The zero-order chi connectivity index (χ0) is 16.2. The van der Waals surface area contributed by atoms with Crippen molar-refractivity contribution in [3.05, 3.63) is 17.5 Å². The molecule has 1 aromatic heterocycles. The number of carbonyl (C=O) groups excluding carboxylic acids is 1. The van der Waals surface area contributed by atoms with E-state index in [0.717, 1.165) is 44.2 Å². The number of rotatable bonds is 6. The van der Waals surface area contributed by atoms with Crippen LogP contribution in [0.15, 0.2) is 6.20 Å². The highest BCUT2D eigenvalue weighted by atomic mass is 16.3. The molecule has 0 radical (unpaired) electrons. The molecule has 5 nitrogen and oxygen atoms in total. The Labute approximate surface area is 133 Å². The van der Waals surface area contributed by atoms with Gasteiger partial charge in [-0.1, -0.05) is 33.1 Å². The van der Waals surface area contributed by atoms with Gasteiger partial charge < -0.3 is 10.4 Å². The van der Waals surface area contributed by atoms with Crippen LogP contribution in [0.2, 0.25) is 0 Å². The van der Waals surface area contributed by atoms with Gasteiger partial charge in [-0.2, -0.15) is 5.10 Å². The normalized spacial score (nSPS) is 17.7. The molecule has 1 aliphatic carbocycles. The van der Waals surface area contributed by atoms with Crippen molar-refractivity contribution in [2.24, 2.45) is 0 Å². The molecular formula is C17H29N3O2. The maximum atomic E-state index is 12.4. The molecule has 0 bridgehead atoms. The molecule has 1 amide bonds. The van der Waals surface area contributed by atoms with E-state index in [0.29, 0.717) is 18.2 Å². The number of aromatic nitrogens is 2. The molecule has 1 heterocycles. The van der Waals surface area contributed by atoms with Crippen molar-refractivity contribution in [2.75, 3.05) is 6.54 Å². The first kappa shape index (κ1) is 17.0. The molecular weight excluding hydrogens is 278 g/mol. The Hall–Kier alpha value is -1.36. The van der Waals surface area contributed by atoms with E-state index in [1.165, 1.54) is 6.42 Å². The quantitative estimate of drug-likeness (QED) is 0.849. The average Bonchev–Trinajstić information content (AvgIpc) is 2.89. The predicted octanol–water partition coefficient (Wildman–Crippen LogP) is 2.98. The van der Waals surface area contributed by atoms with Gasteiger partial charge in [0.2, 0.25) is 0 Å². The molecule has 1 aliphatic rings. The van der Waals surface area contributed by atoms with Crippen LogP contribution >= 0.6 is 0 Å². The van der Waals surface area contributed by atoms with E-state index in [-0.39, 0.29) is 5.91 Å². The maximum absolute atomic E-state index is 12.4. The molecule has 0 unspecified atom stereocenters. The van der Waals surface area contributed by atoms with E-state index in [9.17, 15) is 9.90 Å². The highest BCUT2D eigenvalue weighted by Gasteiger charge is 2.30. The van der Waals surface area contributed by atoms with Gasteiger partial charge >= 0.3 is 0 Å². The van der Waals surface area contributed by atoms with Gasteiger partial charge in [0.05, 0.1) is 23.4 Å². The average molecular weight is 307 g/mol. The summed E-state index contributed by atoms with van der Waals surface area (Å²) < 4.78 is 1.95. The van der Waals surface area contributed by atoms with Gasteiger partial charge in [-0.25, -0.2) is 0 Å². The first-order valence-electron chi connectivity index (χ1n) is 8.55. The van der Waals surface area contributed by atoms with Crippen LogP contribution < -0.4 is 5.32 Å². The van der Waals surface area contributed by atoms with Gasteiger partial charge in [0.1, 0.15) is 0 Å². The second-order valence-electron chi connectivity index (χ2n) is 6.53. The molecule has 2 rings (SSSR count). The fourth-order valence-corrected chi connectivity index (χ4v) is 3.38. The van der Waals surface area contributed by atoms with Gasteiger partial charge in [0.25, 0.3) is 5.91 Å². The first-order chi connectivity index (χ1) is 10.5. The molecule has 5 heteroatoms. The van der Waals surface area contributed by atoms with Gasteiger partial charge in [-0.15, -0.1) is 0 Å². The van der Waals surface area contributed by atoms with Crippen LogP contribution in [0.5, 0.6) is 0 Å². The largest absolute Gasteiger partial charge is 0.388 e. The fraction of sp³-hybridized carbons (Fsp3) is 0.765. The predicted molar refractivity (Wildman–Crippen MR) is 87.0 cm³/mol. The summed E-state index contributed by atoms with van der Waals surface area (Å²) in [6, 6.07) is 0.337. The van der Waals surface area contributed by atoms with E-state index >= 15 is 0 Å². The van der Waals surface area contributed by atoms with Crippen molar-refractivity contribution in [1.29, 1.82) is 0 Å². The Balaban J connectivity index is 2.01. The Morgan fingerprint density at radius 1 is 1.36 bits per heavy atom. The summed E-state index contributed by atoms with van der Waals surface area (Å²) in [5.74, 6) is -0.131. The number of amides is 1. The Bertz CT molecular complexity index is 500. The van der Waals surface area contributed by atoms with Crippen molar-refractivity contribution >= 4 is 5.91 Å². The highest BCUT2D eigenvalue weighted by Crippen LogP contribution is 2.27. The second-order valence-corrected chi connectivity index (χ2v) is 6.53. The van der Waals surface area contributed by atoms with Crippen LogP contribution in [-0.2, 0) is 0 Å². The van der Waals surface area contributed by atoms with E-state index in [1.807, 2.05) is 11.6 Å². The minimum atomic E-state index is -0.729. The van der Waals surface area contributed by atoms with Gasteiger partial charge in [0.15, 0.2) is 0 Å². The van der Waals surface area contributed by atoms with Crippen molar-refractivity contribution in [1.82, 2.24) is 15.1 Å². The van der Waals surface area contributed by atoms with Crippen molar-refractivity contribution < 1.29 is 9.90 Å². The molecule has 0 aromatic carbocycles. The summed E-state index contributed by atoms with van der Waals surface area (Å²) in [7, 11) is 0. The fourth-order valence-electron chi connectivity index (χ4n) is 3.38. The molecule has 2 N–H and O–H groups in total. The molecule has 1 fully saturated rings. The Morgan fingerprint density at radius 2 is 2.00 bits per heavy atom. The van der Waals surface area contributed by atoms with E-state index in [1.54, 1.807) is 6.20 Å². The van der Waals surface area contributed by atoms with Crippen LogP contribution in [0.4, 0.5) is 0 Å². The van der Waals surface area contributed by atoms with Crippen LogP contribution in [-0.4, -0.2) is 32.9 Å². The lowest BCUT2D eigenvalue weighted by Gasteiger charge is -2.32. The van der Waals surface area contributed by atoms with Crippen LogP contribution in [0.3, 0.4) is 0 Å². The van der Waals surface area contributed by atoms with E-state index < -0.39 is 5.60 Å². The van der Waals surface area contributed by atoms with Crippen LogP contribution in [0.25, 0.3) is 0 Å². The maximum Gasteiger partial charge on any atom is 0.254 e. The van der Waals surface area contributed by atoms with E-state index in [2.05, 4.69) is 24.3 Å². The number of aliphatic hydroxyl groups is 1. The SMILES string of the molecule is CCC(CC)n1ncc(C(=O)NCC2(O)CCCCC2)c1C. The monoisotopic (exact) mass is 307 g/mol. The first-order valence-corrected chi connectivity index (χ1v) is 8.55. The van der Waals surface area contributed by atoms with Crippen molar-refractivity contribution in [3.63, 3.8) is 0 Å². The smallest absolute Gasteiger partial charge is 0.254 e. The molecule has 22 heavy (non-hydrogen) atoms. The molecule has 0 saturated heterocycles. The highest BCUT2D eigenvalue weighted by molar-refractivity contribution is 5.95. The second kappa shape index (κ2) is 7.27. The summed E-state index contributed by atoms with van der Waals surface area (Å²) in [6.45, 7) is 6.54. The lowest BCUT2D eigenvalue weighted by atomic mass is 9.85. The van der Waals surface area contributed by atoms with Crippen molar-refractivity contribution in [3.8, 4) is 0 Å². The minimum absolute atomic E-state index is 0.131. The Morgan fingerprint density at radius 3 is 2.59 bits per heavy atom. The van der Waals surface area contributed by atoms with Crippen molar-refractivity contribution in [2.45, 2.75) is 77.4 Å². The Kier molecular flexibility index (Phi) is 5.62. The van der Waals surface area contributed by atoms with Gasteiger partial charge in [0, 0.05) is 12.2 Å². The zero-order valence-electron chi connectivity index (χ0n) is 14.1. The minimum Gasteiger partial charge on any atom is -0.388 e. The summed E-state index contributed by atoms with van der Waals surface area (Å²) >= 11 is 0. The summed E-state index contributed by atoms with van der Waals surface area (Å²) in [5.41, 5.74) is 0.792. The van der Waals surface area contributed by atoms with E-state index in [4.69, 9.17) is 0 Å². The lowest BCUT2D eigenvalue weighted by Crippen LogP contribution is -2.44. The summed E-state index contributed by atoms with van der Waals surface area (Å²) in [5, 5.41) is 17.8. The number of nitrogens with one attached hydrogen (secondary N) is 1. The van der Waals surface area contributed by atoms with Gasteiger partial charge in [-0.05, 0) is 32.6 Å². The molecule has 124 valence electrons.